The third kappa shape index (κ3) is 4.63. The Morgan fingerprint density at radius 1 is 1.30 bits per heavy atom. The Bertz CT molecular complexity index is 410. The molecule has 0 saturated carbocycles. The number of rotatable bonds is 9. The van der Waals surface area contributed by atoms with Gasteiger partial charge in [-0.25, -0.2) is 0 Å². The number of hydrogen-bond donors (Lipinski definition) is 2. The van der Waals surface area contributed by atoms with Crippen molar-refractivity contribution >= 4 is 34.1 Å². The lowest BCUT2D eigenvalue weighted by atomic mass is 10.0. The van der Waals surface area contributed by atoms with Crippen LogP contribution >= 0.6 is 23.1 Å². The fraction of sp³-hybridized carbons (Fsp3) is 0.769. The van der Waals surface area contributed by atoms with Crippen molar-refractivity contribution in [2.24, 2.45) is 0 Å². The standard InChI is InChI=1S/C13H24N4OS2/c1-5-8-14-12-17-16-11(20-12)10(18)15-9-13(6-2,7-3)19-4/h5-9H2,1-4H3,(H,14,17)(H,15,18). The molecule has 0 aliphatic heterocycles. The highest BCUT2D eigenvalue weighted by molar-refractivity contribution is 8.00. The monoisotopic (exact) mass is 316 g/mol. The fourth-order valence-corrected chi connectivity index (χ4v) is 3.28. The lowest BCUT2D eigenvalue weighted by Gasteiger charge is -2.29. The molecule has 114 valence electrons. The van der Waals surface area contributed by atoms with Gasteiger partial charge in [0.15, 0.2) is 0 Å². The average molecular weight is 316 g/mol. The zero-order valence-corrected chi connectivity index (χ0v) is 14.3. The highest BCUT2D eigenvalue weighted by atomic mass is 32.2. The molecule has 7 heteroatoms. The van der Waals surface area contributed by atoms with Crippen molar-refractivity contribution in [1.29, 1.82) is 0 Å². The number of amides is 1. The molecular weight excluding hydrogens is 292 g/mol. The number of anilines is 1. The summed E-state index contributed by atoms with van der Waals surface area (Å²) in [6, 6.07) is 0. The normalized spacial score (nSPS) is 11.4. The van der Waals surface area contributed by atoms with Gasteiger partial charge < -0.3 is 10.6 Å². The van der Waals surface area contributed by atoms with E-state index >= 15 is 0 Å². The molecule has 0 aliphatic carbocycles. The SMILES string of the molecule is CCCNc1nnc(C(=O)NCC(CC)(CC)SC)s1. The van der Waals surface area contributed by atoms with Crippen LogP contribution in [0.3, 0.4) is 0 Å². The van der Waals surface area contributed by atoms with Gasteiger partial charge in [-0.05, 0) is 25.5 Å². The minimum Gasteiger partial charge on any atom is -0.360 e. The molecule has 0 radical (unpaired) electrons. The molecule has 0 aliphatic rings. The summed E-state index contributed by atoms with van der Waals surface area (Å²) in [7, 11) is 0. The lowest BCUT2D eigenvalue weighted by molar-refractivity contribution is 0.0948. The summed E-state index contributed by atoms with van der Waals surface area (Å²) in [5, 5.41) is 15.2. The summed E-state index contributed by atoms with van der Waals surface area (Å²) in [4.78, 5) is 12.1. The zero-order chi connectivity index (χ0) is 15.0. The Labute approximate surface area is 129 Å². The largest absolute Gasteiger partial charge is 0.360 e. The molecule has 5 nitrogen and oxygen atoms in total. The second-order valence-corrected chi connectivity index (χ2v) is 6.87. The molecule has 0 fully saturated rings. The van der Waals surface area contributed by atoms with E-state index < -0.39 is 0 Å². The van der Waals surface area contributed by atoms with E-state index in [4.69, 9.17) is 0 Å². The summed E-state index contributed by atoms with van der Waals surface area (Å²) in [6.45, 7) is 7.90. The number of hydrogen-bond acceptors (Lipinski definition) is 6. The quantitative estimate of drug-likeness (QED) is 0.733. The Kier molecular flexibility index (Phi) is 7.29. The number of nitrogens with zero attached hydrogens (tertiary/aromatic N) is 2. The molecule has 2 N–H and O–H groups in total. The second-order valence-electron chi connectivity index (χ2n) is 4.62. The van der Waals surface area contributed by atoms with E-state index in [1.807, 2.05) is 11.8 Å². The predicted molar refractivity (Wildman–Crippen MR) is 87.9 cm³/mol. The predicted octanol–water partition coefficient (Wildman–Crippen LogP) is 3.01. The Hall–Kier alpha value is -0.820. The second kappa shape index (κ2) is 8.46. The minimum atomic E-state index is -0.132. The van der Waals surface area contributed by atoms with Gasteiger partial charge in [-0.1, -0.05) is 32.1 Å². The van der Waals surface area contributed by atoms with Crippen LogP contribution in [0.25, 0.3) is 0 Å². The van der Waals surface area contributed by atoms with Crippen LogP contribution < -0.4 is 10.6 Å². The number of carbonyl (C=O) groups excluding carboxylic acids is 1. The first kappa shape index (κ1) is 17.2. The first-order valence-corrected chi connectivity index (χ1v) is 9.05. The van der Waals surface area contributed by atoms with Gasteiger partial charge in [-0.3, -0.25) is 4.79 Å². The van der Waals surface area contributed by atoms with Crippen molar-refractivity contribution in [3.05, 3.63) is 5.01 Å². The third-order valence-corrected chi connectivity index (χ3v) is 5.91. The van der Waals surface area contributed by atoms with Gasteiger partial charge in [0.05, 0.1) is 0 Å². The van der Waals surface area contributed by atoms with Crippen LogP contribution in [-0.2, 0) is 0 Å². The maximum absolute atomic E-state index is 12.1. The van der Waals surface area contributed by atoms with E-state index in [-0.39, 0.29) is 10.7 Å². The van der Waals surface area contributed by atoms with Gasteiger partial charge >= 0.3 is 0 Å². The van der Waals surface area contributed by atoms with Crippen LogP contribution in [0.4, 0.5) is 5.13 Å². The molecule has 1 rings (SSSR count). The minimum absolute atomic E-state index is 0.115. The molecule has 1 heterocycles. The van der Waals surface area contributed by atoms with E-state index in [1.165, 1.54) is 11.3 Å². The van der Waals surface area contributed by atoms with E-state index in [9.17, 15) is 4.79 Å². The summed E-state index contributed by atoms with van der Waals surface area (Å²) in [6.07, 6.45) is 5.18. The molecule has 0 bridgehead atoms. The summed E-state index contributed by atoms with van der Waals surface area (Å²) >= 11 is 3.11. The Balaban J connectivity index is 2.56. The zero-order valence-electron chi connectivity index (χ0n) is 12.7. The number of nitrogens with one attached hydrogen (secondary N) is 2. The highest BCUT2D eigenvalue weighted by Crippen LogP contribution is 2.29. The van der Waals surface area contributed by atoms with E-state index in [2.05, 4.69) is 47.9 Å². The van der Waals surface area contributed by atoms with Gasteiger partial charge in [0.1, 0.15) is 0 Å². The number of carbonyl (C=O) groups is 1. The Morgan fingerprint density at radius 3 is 2.55 bits per heavy atom. The third-order valence-electron chi connectivity index (χ3n) is 3.44. The maximum atomic E-state index is 12.1. The van der Waals surface area contributed by atoms with Crippen LogP contribution in [0.1, 0.15) is 49.8 Å². The maximum Gasteiger partial charge on any atom is 0.282 e. The van der Waals surface area contributed by atoms with Crippen molar-refractivity contribution in [1.82, 2.24) is 15.5 Å². The van der Waals surface area contributed by atoms with Gasteiger partial charge in [0.2, 0.25) is 10.1 Å². The van der Waals surface area contributed by atoms with Crippen LogP contribution in [-0.4, -0.2) is 40.2 Å². The van der Waals surface area contributed by atoms with Gasteiger partial charge in [-0.15, -0.1) is 10.2 Å². The molecule has 0 atom stereocenters. The van der Waals surface area contributed by atoms with Gasteiger partial charge in [0, 0.05) is 17.8 Å². The van der Waals surface area contributed by atoms with Gasteiger partial charge in [0.25, 0.3) is 5.91 Å². The highest BCUT2D eigenvalue weighted by Gasteiger charge is 2.26. The smallest absolute Gasteiger partial charge is 0.282 e. The molecule has 0 spiro atoms. The van der Waals surface area contributed by atoms with Gasteiger partial charge in [-0.2, -0.15) is 11.8 Å². The summed E-state index contributed by atoms with van der Waals surface area (Å²) in [5.41, 5.74) is 0. The molecule has 0 aromatic carbocycles. The topological polar surface area (TPSA) is 66.9 Å². The molecule has 0 unspecified atom stereocenters. The summed E-state index contributed by atoms with van der Waals surface area (Å²) in [5.74, 6) is -0.132. The van der Waals surface area contributed by atoms with Crippen molar-refractivity contribution in [3.63, 3.8) is 0 Å². The van der Waals surface area contributed by atoms with Crippen LogP contribution in [0.15, 0.2) is 0 Å². The molecular formula is C13H24N4OS2. The molecule has 1 aromatic heterocycles. The molecule has 20 heavy (non-hydrogen) atoms. The fourth-order valence-electron chi connectivity index (χ4n) is 1.80. The van der Waals surface area contributed by atoms with E-state index in [1.54, 1.807) is 0 Å². The average Bonchev–Trinajstić information content (AvgIpc) is 2.96. The van der Waals surface area contributed by atoms with E-state index in [0.29, 0.717) is 16.7 Å². The number of aromatic nitrogens is 2. The molecule has 1 amide bonds. The number of thioether (sulfide) groups is 1. The van der Waals surface area contributed by atoms with Crippen LogP contribution in [0.5, 0.6) is 0 Å². The van der Waals surface area contributed by atoms with E-state index in [0.717, 1.165) is 25.8 Å². The summed E-state index contributed by atoms with van der Waals surface area (Å²) < 4.78 is 0.115. The van der Waals surface area contributed by atoms with Crippen molar-refractivity contribution in [2.75, 3.05) is 24.7 Å². The first-order chi connectivity index (χ1) is 9.60. The van der Waals surface area contributed by atoms with Crippen LogP contribution in [0, 0.1) is 0 Å². The first-order valence-electron chi connectivity index (χ1n) is 7.01. The molecule has 1 aromatic rings. The lowest BCUT2D eigenvalue weighted by Crippen LogP contribution is -2.39. The molecule has 0 saturated heterocycles. The van der Waals surface area contributed by atoms with Crippen molar-refractivity contribution < 1.29 is 4.79 Å². The van der Waals surface area contributed by atoms with Crippen molar-refractivity contribution in [3.8, 4) is 0 Å². The van der Waals surface area contributed by atoms with Crippen LogP contribution in [0.2, 0.25) is 0 Å². The van der Waals surface area contributed by atoms with Crippen molar-refractivity contribution in [2.45, 2.75) is 44.8 Å². The Morgan fingerprint density at radius 2 is 2.00 bits per heavy atom.